The summed E-state index contributed by atoms with van der Waals surface area (Å²) in [5, 5.41) is 3.47. The van der Waals surface area contributed by atoms with Gasteiger partial charge in [0.25, 0.3) is 0 Å². The smallest absolute Gasteiger partial charge is 0.346 e. The lowest BCUT2D eigenvalue weighted by Crippen LogP contribution is -2.30. The molecule has 6 nitrogen and oxygen atoms in total. The summed E-state index contributed by atoms with van der Waals surface area (Å²) >= 11 is 0. The second kappa shape index (κ2) is 3.72. The number of aromatic nitrogens is 1. The molecular weight excluding hydrogens is 162 g/mol. The summed E-state index contributed by atoms with van der Waals surface area (Å²) < 4.78 is 4.64. The second-order valence-corrected chi connectivity index (χ2v) is 1.98. The van der Waals surface area contributed by atoms with E-state index in [1.165, 1.54) is 26.8 Å². The number of hydroxylamine groups is 2. The lowest BCUT2D eigenvalue weighted by Gasteiger charge is -2.12. The number of rotatable bonds is 2. The fourth-order valence-corrected chi connectivity index (χ4v) is 0.545. The number of oxazole rings is 1. The van der Waals surface area contributed by atoms with E-state index in [0.29, 0.717) is 5.82 Å². The van der Waals surface area contributed by atoms with Crippen LogP contribution >= 0.6 is 0 Å². The molecule has 2 amide bonds. The van der Waals surface area contributed by atoms with Gasteiger partial charge in [-0.25, -0.2) is 9.86 Å². The van der Waals surface area contributed by atoms with Gasteiger partial charge >= 0.3 is 6.03 Å². The molecule has 0 aliphatic heterocycles. The highest BCUT2D eigenvalue weighted by molar-refractivity contribution is 5.86. The van der Waals surface area contributed by atoms with Crippen molar-refractivity contribution >= 4 is 11.8 Å². The number of hydrogen-bond donors (Lipinski definition) is 1. The number of carbonyl (C=O) groups excluding carboxylic acids is 1. The number of anilines is 1. The molecule has 6 heteroatoms. The highest BCUT2D eigenvalue weighted by atomic mass is 16.7. The van der Waals surface area contributed by atoms with Crippen molar-refractivity contribution in [2.75, 3.05) is 19.5 Å². The molecule has 1 aromatic heterocycles. The largest absolute Gasteiger partial charge is 0.449 e. The van der Waals surface area contributed by atoms with E-state index in [1.807, 2.05) is 0 Å². The third-order valence-electron chi connectivity index (χ3n) is 1.23. The zero-order valence-electron chi connectivity index (χ0n) is 6.77. The van der Waals surface area contributed by atoms with Gasteiger partial charge in [-0.1, -0.05) is 0 Å². The minimum absolute atomic E-state index is 0.351. The Morgan fingerprint density at radius 1 is 1.83 bits per heavy atom. The van der Waals surface area contributed by atoms with E-state index in [4.69, 9.17) is 0 Å². The molecule has 0 fully saturated rings. The van der Waals surface area contributed by atoms with Crippen LogP contribution in [0.3, 0.4) is 0 Å². The Morgan fingerprint density at radius 3 is 3.08 bits per heavy atom. The number of urea groups is 1. The van der Waals surface area contributed by atoms with Crippen molar-refractivity contribution in [1.29, 1.82) is 0 Å². The molecule has 0 saturated carbocycles. The average molecular weight is 171 g/mol. The summed E-state index contributed by atoms with van der Waals surface area (Å²) in [6.45, 7) is 0. The lowest BCUT2D eigenvalue weighted by molar-refractivity contribution is -0.0598. The minimum Gasteiger partial charge on any atom is -0.449 e. The van der Waals surface area contributed by atoms with E-state index in [2.05, 4.69) is 19.6 Å². The first-order chi connectivity index (χ1) is 5.74. The summed E-state index contributed by atoms with van der Waals surface area (Å²) in [6.07, 6.45) is 2.55. The molecule has 0 unspecified atom stereocenters. The van der Waals surface area contributed by atoms with Crippen LogP contribution in [-0.4, -0.2) is 30.2 Å². The van der Waals surface area contributed by atoms with Crippen LogP contribution in [0, 0.1) is 0 Å². The fourth-order valence-electron chi connectivity index (χ4n) is 0.545. The second-order valence-electron chi connectivity index (χ2n) is 1.98. The summed E-state index contributed by atoms with van der Waals surface area (Å²) in [5.41, 5.74) is 0. The molecule has 0 aromatic carbocycles. The van der Waals surface area contributed by atoms with E-state index in [0.717, 1.165) is 5.06 Å². The number of hydrogen-bond acceptors (Lipinski definition) is 4. The SMILES string of the molecule is CON(C)C(=O)Nc1cocn1. The first-order valence-corrected chi connectivity index (χ1v) is 3.21. The molecule has 66 valence electrons. The van der Waals surface area contributed by atoms with E-state index in [-0.39, 0.29) is 0 Å². The van der Waals surface area contributed by atoms with Gasteiger partial charge in [0, 0.05) is 7.05 Å². The van der Waals surface area contributed by atoms with Crippen molar-refractivity contribution < 1.29 is 14.0 Å². The number of nitrogens with one attached hydrogen (secondary N) is 1. The van der Waals surface area contributed by atoms with Crippen molar-refractivity contribution in [1.82, 2.24) is 10.0 Å². The van der Waals surface area contributed by atoms with Crippen LogP contribution in [0.25, 0.3) is 0 Å². The Kier molecular flexibility index (Phi) is 2.65. The predicted molar refractivity (Wildman–Crippen MR) is 40.3 cm³/mol. The van der Waals surface area contributed by atoms with Crippen LogP contribution < -0.4 is 5.32 Å². The Labute approximate surface area is 69.1 Å². The van der Waals surface area contributed by atoms with E-state index < -0.39 is 6.03 Å². The Bertz CT molecular complexity index is 247. The maximum atomic E-state index is 11.0. The van der Waals surface area contributed by atoms with Crippen molar-refractivity contribution in [3.63, 3.8) is 0 Å². The lowest BCUT2D eigenvalue weighted by atomic mass is 10.7. The van der Waals surface area contributed by atoms with Gasteiger partial charge in [-0.05, 0) is 0 Å². The van der Waals surface area contributed by atoms with Crippen molar-refractivity contribution in [2.24, 2.45) is 0 Å². The molecule has 1 heterocycles. The Balaban J connectivity index is 2.47. The van der Waals surface area contributed by atoms with Crippen LogP contribution in [0.4, 0.5) is 10.6 Å². The molecule has 0 spiro atoms. The molecule has 0 radical (unpaired) electrons. The monoisotopic (exact) mass is 171 g/mol. The van der Waals surface area contributed by atoms with Crippen molar-refractivity contribution in [3.05, 3.63) is 12.7 Å². The summed E-state index contributed by atoms with van der Waals surface area (Å²) in [7, 11) is 2.87. The summed E-state index contributed by atoms with van der Waals surface area (Å²) in [5.74, 6) is 0.351. The summed E-state index contributed by atoms with van der Waals surface area (Å²) in [6, 6.07) is -0.411. The van der Waals surface area contributed by atoms with Gasteiger partial charge in [-0.15, -0.1) is 0 Å². The minimum atomic E-state index is -0.411. The molecular formula is C6H9N3O3. The molecule has 12 heavy (non-hydrogen) atoms. The van der Waals surface area contributed by atoms with Crippen LogP contribution in [0.15, 0.2) is 17.1 Å². The maximum Gasteiger partial charge on any atom is 0.346 e. The van der Waals surface area contributed by atoms with E-state index in [1.54, 1.807) is 0 Å². The average Bonchev–Trinajstić information content (AvgIpc) is 2.55. The standard InChI is InChI=1S/C6H9N3O3/c1-9(11-2)6(10)8-5-3-12-4-7-5/h3-4H,1-2H3,(H,8,10). The highest BCUT2D eigenvalue weighted by Gasteiger charge is 2.08. The third-order valence-corrected chi connectivity index (χ3v) is 1.23. The number of amides is 2. The third kappa shape index (κ3) is 1.96. The van der Waals surface area contributed by atoms with Crippen LogP contribution in [0.1, 0.15) is 0 Å². The van der Waals surface area contributed by atoms with Gasteiger partial charge < -0.3 is 4.42 Å². The molecule has 0 saturated heterocycles. The topological polar surface area (TPSA) is 67.6 Å². The van der Waals surface area contributed by atoms with Crippen LogP contribution in [0.2, 0.25) is 0 Å². The fraction of sp³-hybridized carbons (Fsp3) is 0.333. The zero-order valence-corrected chi connectivity index (χ0v) is 6.77. The maximum absolute atomic E-state index is 11.0. The van der Waals surface area contributed by atoms with Gasteiger partial charge in [-0.2, -0.15) is 4.98 Å². The highest BCUT2D eigenvalue weighted by Crippen LogP contribution is 2.01. The molecule has 0 aliphatic carbocycles. The first-order valence-electron chi connectivity index (χ1n) is 3.21. The molecule has 0 aliphatic rings. The van der Waals surface area contributed by atoms with Crippen LogP contribution in [0.5, 0.6) is 0 Å². The number of carbonyl (C=O) groups is 1. The van der Waals surface area contributed by atoms with Gasteiger partial charge in [-0.3, -0.25) is 10.2 Å². The summed E-state index contributed by atoms with van der Waals surface area (Å²) in [4.78, 5) is 19.4. The molecule has 1 aromatic rings. The molecule has 1 rings (SSSR count). The number of nitrogens with zero attached hydrogens (tertiary/aromatic N) is 2. The van der Waals surface area contributed by atoms with Crippen LogP contribution in [-0.2, 0) is 4.84 Å². The van der Waals surface area contributed by atoms with Crippen molar-refractivity contribution in [2.45, 2.75) is 0 Å². The van der Waals surface area contributed by atoms with Gasteiger partial charge in [0.05, 0.1) is 7.11 Å². The molecule has 1 N–H and O–H groups in total. The Hall–Kier alpha value is -1.56. The predicted octanol–water partition coefficient (Wildman–Crippen LogP) is 0.700. The first kappa shape index (κ1) is 8.54. The zero-order chi connectivity index (χ0) is 8.97. The quantitative estimate of drug-likeness (QED) is 0.665. The normalized spacial score (nSPS) is 9.50. The van der Waals surface area contributed by atoms with E-state index >= 15 is 0 Å². The van der Waals surface area contributed by atoms with E-state index in [9.17, 15) is 4.79 Å². The molecule has 0 atom stereocenters. The van der Waals surface area contributed by atoms with Gasteiger partial charge in [0.15, 0.2) is 12.2 Å². The van der Waals surface area contributed by atoms with Crippen molar-refractivity contribution in [3.8, 4) is 0 Å². The van der Waals surface area contributed by atoms with Gasteiger partial charge in [0.2, 0.25) is 0 Å². The van der Waals surface area contributed by atoms with Gasteiger partial charge in [0.1, 0.15) is 6.26 Å². The molecule has 0 bridgehead atoms. The Morgan fingerprint density at radius 2 is 2.58 bits per heavy atom.